The number of likely N-dealkylation sites (tertiary alicyclic amines) is 1. The molecule has 0 aliphatic carbocycles. The Labute approximate surface area is 186 Å². The van der Waals surface area contributed by atoms with Gasteiger partial charge in [0.05, 0.1) is 0 Å². The first-order valence-electron chi connectivity index (χ1n) is 10.4. The number of carbonyl (C=O) groups excluding carboxylic acids is 2. The van der Waals surface area contributed by atoms with Gasteiger partial charge in [-0.1, -0.05) is 35.9 Å². The molecule has 0 radical (unpaired) electrons. The monoisotopic (exact) mass is 449 g/mol. The Bertz CT molecular complexity index is 859. The molecule has 0 spiro atoms. The Morgan fingerprint density at radius 2 is 2.20 bits per heavy atom. The van der Waals surface area contributed by atoms with Gasteiger partial charge in [-0.25, -0.2) is 0 Å². The van der Waals surface area contributed by atoms with E-state index in [-0.39, 0.29) is 16.8 Å². The van der Waals surface area contributed by atoms with Gasteiger partial charge in [0.15, 0.2) is 0 Å². The van der Waals surface area contributed by atoms with Gasteiger partial charge in [-0.05, 0) is 56.5 Å². The van der Waals surface area contributed by atoms with E-state index >= 15 is 0 Å². The van der Waals surface area contributed by atoms with Crippen LogP contribution in [-0.4, -0.2) is 53.1 Å². The predicted octanol–water partition coefficient (Wildman–Crippen LogP) is 3.61. The number of amides is 2. The van der Waals surface area contributed by atoms with E-state index in [0.717, 1.165) is 25.4 Å². The number of halogens is 1. The van der Waals surface area contributed by atoms with Gasteiger partial charge in [-0.3, -0.25) is 9.59 Å². The molecular weight excluding hydrogens is 422 g/mol. The Morgan fingerprint density at radius 1 is 1.33 bits per heavy atom. The first kappa shape index (κ1) is 22.7. The van der Waals surface area contributed by atoms with E-state index in [2.05, 4.69) is 32.7 Å². The number of rotatable bonds is 9. The molecule has 1 fully saturated rings. The summed E-state index contributed by atoms with van der Waals surface area (Å²) in [6, 6.07) is 6.91. The van der Waals surface area contributed by atoms with Crippen molar-refractivity contribution in [3.63, 3.8) is 0 Å². The lowest BCUT2D eigenvalue weighted by molar-refractivity contribution is -0.121. The predicted molar refractivity (Wildman–Crippen MR) is 120 cm³/mol. The van der Waals surface area contributed by atoms with E-state index in [1.54, 1.807) is 24.3 Å². The average Bonchev–Trinajstić information content (AvgIpc) is 3.19. The highest BCUT2D eigenvalue weighted by molar-refractivity contribution is 7.13. The van der Waals surface area contributed by atoms with E-state index in [9.17, 15) is 9.59 Å². The van der Waals surface area contributed by atoms with Crippen molar-refractivity contribution in [1.82, 2.24) is 20.4 Å². The fraction of sp³-hybridized carbons (Fsp3) is 0.524. The minimum absolute atomic E-state index is 0.00198. The van der Waals surface area contributed by atoms with E-state index in [1.165, 1.54) is 30.7 Å². The Balaban J connectivity index is 1.34. The molecule has 0 unspecified atom stereocenters. The topological polar surface area (TPSA) is 87.2 Å². The highest BCUT2D eigenvalue weighted by Crippen LogP contribution is 2.18. The molecule has 1 aliphatic heterocycles. The SMILES string of the molecule is C[C@H]1CCCN(CCCNC(=O)CCc2nnc(C(=O)Nc3cccc(Cl)c3)s2)C1. The van der Waals surface area contributed by atoms with Gasteiger partial charge in [-0.2, -0.15) is 0 Å². The third kappa shape index (κ3) is 7.34. The van der Waals surface area contributed by atoms with E-state index in [4.69, 9.17) is 11.6 Å². The molecule has 162 valence electrons. The minimum Gasteiger partial charge on any atom is -0.356 e. The van der Waals surface area contributed by atoms with Crippen LogP contribution in [0, 0.1) is 5.92 Å². The molecule has 2 N–H and O–H groups in total. The van der Waals surface area contributed by atoms with Gasteiger partial charge in [0.1, 0.15) is 5.01 Å². The molecule has 2 heterocycles. The molecule has 9 heteroatoms. The van der Waals surface area contributed by atoms with Crippen LogP contribution in [0.5, 0.6) is 0 Å². The van der Waals surface area contributed by atoms with Crippen molar-refractivity contribution < 1.29 is 9.59 Å². The van der Waals surface area contributed by atoms with Gasteiger partial charge in [0, 0.05) is 36.6 Å². The largest absolute Gasteiger partial charge is 0.356 e. The van der Waals surface area contributed by atoms with Gasteiger partial charge in [0.2, 0.25) is 10.9 Å². The fourth-order valence-corrected chi connectivity index (χ4v) is 4.45. The van der Waals surface area contributed by atoms with Crippen LogP contribution in [0.4, 0.5) is 5.69 Å². The van der Waals surface area contributed by atoms with Crippen LogP contribution in [0.2, 0.25) is 5.02 Å². The van der Waals surface area contributed by atoms with Crippen molar-refractivity contribution in [1.29, 1.82) is 0 Å². The van der Waals surface area contributed by atoms with Crippen LogP contribution in [0.15, 0.2) is 24.3 Å². The molecule has 1 aliphatic rings. The summed E-state index contributed by atoms with van der Waals surface area (Å²) < 4.78 is 0. The first-order valence-corrected chi connectivity index (χ1v) is 11.6. The zero-order valence-electron chi connectivity index (χ0n) is 17.2. The summed E-state index contributed by atoms with van der Waals surface area (Å²) in [5.74, 6) is 0.442. The van der Waals surface area contributed by atoms with Crippen molar-refractivity contribution in [3.05, 3.63) is 39.3 Å². The Morgan fingerprint density at radius 3 is 3.00 bits per heavy atom. The molecule has 2 amide bonds. The summed E-state index contributed by atoms with van der Waals surface area (Å²) in [4.78, 5) is 26.8. The second-order valence-corrected chi connectivity index (χ2v) is 9.22. The second-order valence-electron chi connectivity index (χ2n) is 7.72. The van der Waals surface area contributed by atoms with Crippen molar-refractivity contribution >= 4 is 40.4 Å². The smallest absolute Gasteiger partial charge is 0.286 e. The van der Waals surface area contributed by atoms with Crippen LogP contribution in [0.3, 0.4) is 0 Å². The summed E-state index contributed by atoms with van der Waals surface area (Å²) >= 11 is 7.12. The number of carbonyl (C=O) groups is 2. The minimum atomic E-state index is -0.336. The highest BCUT2D eigenvalue weighted by atomic mass is 35.5. The molecule has 7 nitrogen and oxygen atoms in total. The number of aryl methyl sites for hydroxylation is 1. The summed E-state index contributed by atoms with van der Waals surface area (Å²) in [7, 11) is 0. The zero-order valence-corrected chi connectivity index (χ0v) is 18.8. The lowest BCUT2D eigenvalue weighted by Gasteiger charge is -2.30. The number of piperidine rings is 1. The van der Waals surface area contributed by atoms with Crippen LogP contribution < -0.4 is 10.6 Å². The van der Waals surface area contributed by atoms with Gasteiger partial charge >= 0.3 is 0 Å². The number of anilines is 1. The third-order valence-corrected chi connectivity index (χ3v) is 6.24. The molecule has 1 saturated heterocycles. The lowest BCUT2D eigenvalue weighted by atomic mass is 10.0. The molecule has 0 bridgehead atoms. The molecular formula is C21H28ClN5O2S. The zero-order chi connectivity index (χ0) is 21.3. The van der Waals surface area contributed by atoms with Gasteiger partial charge in [-0.15, -0.1) is 10.2 Å². The Kier molecular flexibility index (Phi) is 8.60. The lowest BCUT2D eigenvalue weighted by Crippen LogP contribution is -2.36. The normalized spacial score (nSPS) is 16.9. The third-order valence-electron chi connectivity index (χ3n) is 5.02. The number of nitrogens with zero attached hydrogens (tertiary/aromatic N) is 3. The maximum absolute atomic E-state index is 12.3. The number of nitrogens with one attached hydrogen (secondary N) is 2. The van der Waals surface area contributed by atoms with Crippen molar-refractivity contribution in [2.24, 2.45) is 5.92 Å². The molecule has 1 atom stereocenters. The average molecular weight is 450 g/mol. The Hall–Kier alpha value is -2.03. The molecule has 1 aromatic carbocycles. The van der Waals surface area contributed by atoms with Gasteiger partial charge in [0.25, 0.3) is 5.91 Å². The second kappa shape index (κ2) is 11.4. The summed E-state index contributed by atoms with van der Waals surface area (Å²) in [6.07, 6.45) is 4.37. The number of aromatic nitrogens is 2. The van der Waals surface area contributed by atoms with Crippen LogP contribution in [0.1, 0.15) is 47.4 Å². The summed E-state index contributed by atoms with van der Waals surface area (Å²) in [5, 5.41) is 15.2. The maximum atomic E-state index is 12.3. The quantitative estimate of drug-likeness (QED) is 0.571. The fourth-order valence-electron chi connectivity index (χ4n) is 3.53. The number of benzene rings is 1. The molecule has 1 aromatic heterocycles. The summed E-state index contributed by atoms with van der Waals surface area (Å²) in [5.41, 5.74) is 0.600. The first-order chi connectivity index (χ1) is 14.5. The van der Waals surface area contributed by atoms with Gasteiger partial charge < -0.3 is 15.5 Å². The number of hydrogen-bond acceptors (Lipinski definition) is 6. The van der Waals surface area contributed by atoms with Crippen LogP contribution >= 0.6 is 22.9 Å². The van der Waals surface area contributed by atoms with Crippen LogP contribution in [0.25, 0.3) is 0 Å². The molecule has 3 rings (SSSR count). The van der Waals surface area contributed by atoms with Crippen molar-refractivity contribution in [2.45, 2.75) is 39.0 Å². The molecule has 0 saturated carbocycles. The molecule has 30 heavy (non-hydrogen) atoms. The van der Waals surface area contributed by atoms with E-state index < -0.39 is 0 Å². The van der Waals surface area contributed by atoms with E-state index in [0.29, 0.717) is 35.1 Å². The van der Waals surface area contributed by atoms with Crippen molar-refractivity contribution in [2.75, 3.05) is 31.5 Å². The highest BCUT2D eigenvalue weighted by Gasteiger charge is 2.16. The summed E-state index contributed by atoms with van der Waals surface area (Å²) in [6.45, 7) is 6.35. The van der Waals surface area contributed by atoms with E-state index in [1.807, 2.05) is 0 Å². The standard InChI is InChI=1S/C21H28ClN5O2S/c1-15-5-3-11-27(14-15)12-4-10-23-18(28)8-9-19-25-26-21(30-19)20(29)24-17-7-2-6-16(22)13-17/h2,6-7,13,15H,3-5,8-12,14H2,1H3,(H,23,28)(H,24,29)/t15-/m0/s1. The maximum Gasteiger partial charge on any atom is 0.286 e. The number of hydrogen-bond donors (Lipinski definition) is 2. The van der Waals surface area contributed by atoms with Crippen molar-refractivity contribution in [3.8, 4) is 0 Å². The molecule has 2 aromatic rings. The van der Waals surface area contributed by atoms with Crippen LogP contribution in [-0.2, 0) is 11.2 Å².